The Morgan fingerprint density at radius 3 is 2.74 bits per heavy atom. The molecule has 0 saturated carbocycles. The van der Waals surface area contributed by atoms with Gasteiger partial charge in [-0.3, -0.25) is 9.59 Å². The van der Waals surface area contributed by atoms with Crippen LogP contribution >= 0.6 is 0 Å². The summed E-state index contributed by atoms with van der Waals surface area (Å²) in [6, 6.07) is 8.35. The van der Waals surface area contributed by atoms with Gasteiger partial charge in [0.1, 0.15) is 5.82 Å². The van der Waals surface area contributed by atoms with E-state index in [9.17, 15) is 22.8 Å². The lowest BCUT2D eigenvalue weighted by molar-refractivity contribution is -0.130. The smallest absolute Gasteiger partial charge is 0.252 e. The number of aromatic nitrogens is 1. The predicted octanol–water partition coefficient (Wildman–Crippen LogP) is 4.11. The maximum Gasteiger partial charge on any atom is 0.252 e. The van der Waals surface area contributed by atoms with Crippen LogP contribution in [0.2, 0.25) is 0 Å². The van der Waals surface area contributed by atoms with E-state index < -0.39 is 17.2 Å². The number of carbonyl (C=O) groups excluding carboxylic acids is 1. The van der Waals surface area contributed by atoms with Gasteiger partial charge in [0.2, 0.25) is 5.91 Å². The third-order valence-corrected chi connectivity index (χ3v) is 6.36. The molecule has 158 valence electrons. The number of likely N-dealkylation sites (tertiary alicyclic amines) is 1. The van der Waals surface area contributed by atoms with Crippen LogP contribution in [0.5, 0.6) is 0 Å². The van der Waals surface area contributed by atoms with Crippen molar-refractivity contribution in [1.29, 1.82) is 0 Å². The lowest BCUT2D eigenvalue weighted by Gasteiger charge is -2.29. The zero-order valence-corrected chi connectivity index (χ0v) is 16.7. The van der Waals surface area contributed by atoms with E-state index in [1.54, 1.807) is 11.0 Å². The van der Waals surface area contributed by atoms with Gasteiger partial charge in [0.25, 0.3) is 5.56 Å². The first-order valence-electron chi connectivity index (χ1n) is 10.1. The molecular weight excluding hydrogens is 405 g/mol. The van der Waals surface area contributed by atoms with Crippen LogP contribution < -0.4 is 5.56 Å². The molecule has 1 unspecified atom stereocenters. The van der Waals surface area contributed by atoms with E-state index >= 15 is 0 Å². The SMILES string of the molecule is Cc1c(CC(=O)N2CC3C=C(c4cccc(F)c4)[C@H]2C3)c(=O)[nH]c2ccc(F)c(F)c12. The van der Waals surface area contributed by atoms with Gasteiger partial charge in [0.15, 0.2) is 11.6 Å². The van der Waals surface area contributed by atoms with Crippen LogP contribution in [0.3, 0.4) is 0 Å². The van der Waals surface area contributed by atoms with Crippen LogP contribution in [0.4, 0.5) is 13.2 Å². The van der Waals surface area contributed by atoms with E-state index in [4.69, 9.17) is 0 Å². The number of halogens is 3. The summed E-state index contributed by atoms with van der Waals surface area (Å²) in [7, 11) is 0. The van der Waals surface area contributed by atoms with Crippen molar-refractivity contribution in [3.05, 3.63) is 87.0 Å². The molecule has 3 aromatic rings. The van der Waals surface area contributed by atoms with Crippen LogP contribution in [0.25, 0.3) is 16.5 Å². The van der Waals surface area contributed by atoms with E-state index in [0.717, 1.165) is 23.6 Å². The maximum atomic E-state index is 14.4. The van der Waals surface area contributed by atoms with Crippen molar-refractivity contribution in [2.45, 2.75) is 25.8 Å². The van der Waals surface area contributed by atoms with Crippen LogP contribution in [0.1, 0.15) is 23.1 Å². The number of aryl methyl sites for hydroxylation is 1. The minimum Gasteiger partial charge on any atom is -0.335 e. The molecule has 1 N–H and O–H groups in total. The summed E-state index contributed by atoms with van der Waals surface area (Å²) in [5, 5.41) is -0.0225. The average Bonchev–Trinajstić information content (AvgIpc) is 3.35. The Morgan fingerprint density at radius 2 is 2.00 bits per heavy atom. The Kier molecular flexibility index (Phi) is 4.50. The first kappa shape index (κ1) is 19.6. The lowest BCUT2D eigenvalue weighted by atomic mass is 9.98. The lowest BCUT2D eigenvalue weighted by Crippen LogP contribution is -2.39. The number of nitrogens with one attached hydrogen (secondary N) is 1. The van der Waals surface area contributed by atoms with Gasteiger partial charge in [-0.15, -0.1) is 0 Å². The molecule has 4 nitrogen and oxygen atoms in total. The van der Waals surface area contributed by atoms with E-state index in [1.807, 2.05) is 6.07 Å². The molecule has 1 saturated heterocycles. The number of H-pyrrole nitrogens is 1. The number of nitrogens with zero attached hydrogens (tertiary/aromatic N) is 1. The Bertz CT molecular complexity index is 1330. The van der Waals surface area contributed by atoms with Gasteiger partial charge >= 0.3 is 0 Å². The molecule has 5 rings (SSSR count). The summed E-state index contributed by atoms with van der Waals surface area (Å²) in [5.74, 6) is -2.49. The zero-order valence-electron chi connectivity index (χ0n) is 16.7. The number of aromatic amines is 1. The molecule has 31 heavy (non-hydrogen) atoms. The second kappa shape index (κ2) is 7.11. The van der Waals surface area contributed by atoms with E-state index in [1.165, 1.54) is 25.1 Å². The fourth-order valence-electron chi connectivity index (χ4n) is 4.89. The normalized spacial score (nSPS) is 19.9. The highest BCUT2D eigenvalue weighted by Crippen LogP contribution is 2.42. The fraction of sp³-hybridized carbons (Fsp3) is 0.250. The monoisotopic (exact) mass is 424 g/mol. The average molecular weight is 424 g/mol. The minimum atomic E-state index is -1.04. The third kappa shape index (κ3) is 3.15. The highest BCUT2D eigenvalue weighted by molar-refractivity contribution is 5.88. The zero-order chi connectivity index (χ0) is 21.9. The summed E-state index contributed by atoms with van der Waals surface area (Å²) in [4.78, 5) is 30.0. The second-order valence-electron chi connectivity index (χ2n) is 8.21. The molecule has 1 aromatic heterocycles. The van der Waals surface area contributed by atoms with Crippen molar-refractivity contribution in [3.63, 3.8) is 0 Å². The number of pyridine rings is 1. The number of benzene rings is 2. The van der Waals surface area contributed by atoms with Gasteiger partial charge in [-0.2, -0.15) is 0 Å². The summed E-state index contributed by atoms with van der Waals surface area (Å²) in [6.07, 6.45) is 2.62. The molecule has 1 aliphatic heterocycles. The van der Waals surface area contributed by atoms with Crippen LogP contribution in [0, 0.1) is 30.3 Å². The van der Waals surface area contributed by atoms with Crippen LogP contribution in [-0.4, -0.2) is 28.4 Å². The summed E-state index contributed by atoms with van der Waals surface area (Å²) >= 11 is 0. The summed E-state index contributed by atoms with van der Waals surface area (Å²) < 4.78 is 41.8. The van der Waals surface area contributed by atoms with Crippen molar-refractivity contribution in [3.8, 4) is 0 Å². The molecule has 1 fully saturated rings. The minimum absolute atomic E-state index is 0.0225. The predicted molar refractivity (Wildman–Crippen MR) is 111 cm³/mol. The highest BCUT2D eigenvalue weighted by atomic mass is 19.2. The number of rotatable bonds is 3. The van der Waals surface area contributed by atoms with Crippen molar-refractivity contribution in [2.75, 3.05) is 6.54 Å². The molecule has 2 atom stereocenters. The van der Waals surface area contributed by atoms with E-state index in [-0.39, 0.29) is 52.1 Å². The van der Waals surface area contributed by atoms with Crippen molar-refractivity contribution in [1.82, 2.24) is 9.88 Å². The molecular formula is C24H19F3N2O2. The van der Waals surface area contributed by atoms with Gasteiger partial charge in [0.05, 0.1) is 18.0 Å². The number of hydrogen-bond acceptors (Lipinski definition) is 2. The van der Waals surface area contributed by atoms with Crippen LogP contribution in [0.15, 0.2) is 47.3 Å². The molecule has 2 heterocycles. The van der Waals surface area contributed by atoms with Gasteiger partial charge in [-0.1, -0.05) is 18.2 Å². The quantitative estimate of drug-likeness (QED) is 0.688. The number of hydrogen-bond donors (Lipinski definition) is 1. The van der Waals surface area contributed by atoms with Gasteiger partial charge < -0.3 is 9.88 Å². The summed E-state index contributed by atoms with van der Waals surface area (Å²) in [6.45, 7) is 2.05. The topological polar surface area (TPSA) is 53.2 Å². The fourth-order valence-corrected chi connectivity index (χ4v) is 4.89. The van der Waals surface area contributed by atoms with Crippen molar-refractivity contribution in [2.24, 2.45) is 5.92 Å². The van der Waals surface area contributed by atoms with Gasteiger partial charge in [-0.25, -0.2) is 13.2 Å². The number of fused-ring (bicyclic) bond motifs is 3. The largest absolute Gasteiger partial charge is 0.335 e. The van der Waals surface area contributed by atoms with Gasteiger partial charge in [0, 0.05) is 17.5 Å². The molecule has 7 heteroatoms. The first-order valence-corrected chi connectivity index (χ1v) is 10.1. The standard InChI is InChI=1S/C24H19F3N2O2/c1-12-16(24(31)28-19-6-5-18(26)23(27)22(12)19)10-21(30)29-11-13-7-17(20(29)8-13)14-3-2-4-15(25)9-14/h2-7,9,13,20H,8,10-11H2,1H3,(H,28,31)/t13?,20-/m1/s1. The van der Waals surface area contributed by atoms with Crippen molar-refractivity contribution < 1.29 is 18.0 Å². The number of carbonyl (C=O) groups is 1. The Morgan fingerprint density at radius 1 is 1.19 bits per heavy atom. The number of amides is 1. The van der Waals surface area contributed by atoms with E-state index in [2.05, 4.69) is 11.1 Å². The maximum absolute atomic E-state index is 14.4. The molecule has 2 bridgehead atoms. The Hall–Kier alpha value is -3.35. The molecule has 2 aromatic carbocycles. The molecule has 0 spiro atoms. The van der Waals surface area contributed by atoms with E-state index in [0.29, 0.717) is 6.54 Å². The van der Waals surface area contributed by atoms with Gasteiger partial charge in [-0.05, 0) is 60.2 Å². The molecule has 0 radical (unpaired) electrons. The second-order valence-corrected chi connectivity index (χ2v) is 8.21. The highest BCUT2D eigenvalue weighted by Gasteiger charge is 2.42. The molecule has 2 aliphatic rings. The Labute approximate surface area is 176 Å². The first-order chi connectivity index (χ1) is 14.8. The molecule has 1 aliphatic carbocycles. The van der Waals surface area contributed by atoms with Crippen LogP contribution in [-0.2, 0) is 11.2 Å². The summed E-state index contributed by atoms with van der Waals surface area (Å²) in [5.41, 5.74) is 1.72. The Balaban J connectivity index is 1.46. The third-order valence-electron chi connectivity index (χ3n) is 6.36. The molecule has 1 amide bonds. The van der Waals surface area contributed by atoms with Crippen molar-refractivity contribution >= 4 is 22.4 Å².